The number of carbonyl (C=O) groups excluding carboxylic acids is 1. The lowest BCUT2D eigenvalue weighted by molar-refractivity contribution is -0.144. The van der Waals surface area contributed by atoms with Crippen LogP contribution in [0.1, 0.15) is 0 Å². The summed E-state index contributed by atoms with van der Waals surface area (Å²) in [6.07, 6.45) is -0.767. The predicted octanol–water partition coefficient (Wildman–Crippen LogP) is 3.59. The molecule has 0 spiro atoms. The fourth-order valence-electron chi connectivity index (χ4n) is 2.55. The molecule has 3 aromatic carbocycles. The monoisotopic (exact) mass is 306 g/mol. The Kier molecular flexibility index (Phi) is 3.35. The Hall–Kier alpha value is -3.01. The zero-order valence-electron chi connectivity index (χ0n) is 12.3. The van der Waals surface area contributed by atoms with Crippen LogP contribution in [-0.2, 0) is 4.79 Å². The molecule has 0 N–H and O–H groups in total. The van der Waals surface area contributed by atoms with E-state index in [0.29, 0.717) is 17.2 Å². The summed E-state index contributed by atoms with van der Waals surface area (Å²) >= 11 is 0. The molecule has 0 bridgehead atoms. The maximum atomic E-state index is 12.3. The van der Waals surface area contributed by atoms with Crippen molar-refractivity contribution in [1.82, 2.24) is 0 Å². The first-order chi connectivity index (χ1) is 11.3. The second-order valence-electron chi connectivity index (χ2n) is 5.29. The molecule has 114 valence electrons. The molecule has 0 aromatic heterocycles. The number of hydrogen-bond donors (Lipinski definition) is 0. The van der Waals surface area contributed by atoms with E-state index in [4.69, 9.17) is 14.2 Å². The largest absolute Gasteiger partial charge is 0.485 e. The molecule has 0 amide bonds. The lowest BCUT2D eigenvalue weighted by Gasteiger charge is -2.24. The number of hydrogen-bond acceptors (Lipinski definition) is 4. The van der Waals surface area contributed by atoms with Gasteiger partial charge in [0.1, 0.15) is 12.4 Å². The molecule has 0 saturated carbocycles. The number of benzene rings is 3. The minimum atomic E-state index is -0.767. The minimum absolute atomic E-state index is 0.142. The number of ether oxygens (including phenoxy) is 3. The fraction of sp³-hybridized carbons (Fsp3) is 0.105. The first-order valence-electron chi connectivity index (χ1n) is 7.38. The SMILES string of the molecule is O=C(Oc1ccc2ccccc2c1)[C@H]1COc2ccccc2O1. The average Bonchev–Trinajstić information content (AvgIpc) is 2.61. The smallest absolute Gasteiger partial charge is 0.356 e. The highest BCUT2D eigenvalue weighted by molar-refractivity contribution is 5.85. The third-order valence-corrected chi connectivity index (χ3v) is 3.71. The number of esters is 1. The second-order valence-corrected chi connectivity index (χ2v) is 5.29. The summed E-state index contributed by atoms with van der Waals surface area (Å²) in [7, 11) is 0. The van der Waals surface area contributed by atoms with E-state index in [1.165, 1.54) is 0 Å². The van der Waals surface area contributed by atoms with Gasteiger partial charge >= 0.3 is 5.97 Å². The van der Waals surface area contributed by atoms with Gasteiger partial charge in [0.05, 0.1) is 0 Å². The number of para-hydroxylation sites is 2. The van der Waals surface area contributed by atoms with E-state index in [0.717, 1.165) is 10.8 Å². The molecular weight excluding hydrogens is 292 g/mol. The Balaban J connectivity index is 1.51. The second kappa shape index (κ2) is 5.65. The Morgan fingerprint density at radius 1 is 0.913 bits per heavy atom. The van der Waals surface area contributed by atoms with Crippen LogP contribution in [0.15, 0.2) is 66.7 Å². The standard InChI is InChI=1S/C19H14O4/c20-19(18-12-21-16-7-3-4-8-17(16)23-18)22-15-10-9-13-5-1-2-6-14(13)11-15/h1-11,18H,12H2/t18-/m1/s1. The Bertz CT molecular complexity index is 872. The molecular formula is C19H14O4. The summed E-state index contributed by atoms with van der Waals surface area (Å²) in [4.78, 5) is 12.3. The van der Waals surface area contributed by atoms with Crippen molar-refractivity contribution in [3.8, 4) is 17.2 Å². The molecule has 0 fully saturated rings. The van der Waals surface area contributed by atoms with Crippen molar-refractivity contribution in [3.05, 3.63) is 66.7 Å². The van der Waals surface area contributed by atoms with Gasteiger partial charge in [0, 0.05) is 0 Å². The Labute approximate surface area is 133 Å². The topological polar surface area (TPSA) is 44.8 Å². The van der Waals surface area contributed by atoms with E-state index in [1.807, 2.05) is 48.5 Å². The number of rotatable bonds is 2. The fourth-order valence-corrected chi connectivity index (χ4v) is 2.55. The normalized spacial score (nSPS) is 16.1. The van der Waals surface area contributed by atoms with E-state index < -0.39 is 12.1 Å². The van der Waals surface area contributed by atoms with Crippen LogP contribution in [0.25, 0.3) is 10.8 Å². The summed E-state index contributed by atoms with van der Waals surface area (Å²) < 4.78 is 16.6. The third-order valence-electron chi connectivity index (χ3n) is 3.71. The summed E-state index contributed by atoms with van der Waals surface area (Å²) in [6, 6.07) is 20.7. The first-order valence-corrected chi connectivity index (χ1v) is 7.38. The van der Waals surface area contributed by atoms with Crippen LogP contribution in [0.3, 0.4) is 0 Å². The van der Waals surface area contributed by atoms with Crippen LogP contribution in [0.5, 0.6) is 17.2 Å². The quantitative estimate of drug-likeness (QED) is 0.536. The highest BCUT2D eigenvalue weighted by Gasteiger charge is 2.29. The molecule has 0 aliphatic carbocycles. The zero-order valence-corrected chi connectivity index (χ0v) is 12.3. The molecule has 4 nitrogen and oxygen atoms in total. The third kappa shape index (κ3) is 2.71. The van der Waals surface area contributed by atoms with E-state index in [2.05, 4.69) is 0 Å². The molecule has 0 radical (unpaired) electrons. The van der Waals surface area contributed by atoms with Gasteiger partial charge in [-0.05, 0) is 35.0 Å². The molecule has 1 heterocycles. The minimum Gasteiger partial charge on any atom is -0.485 e. The van der Waals surface area contributed by atoms with E-state index in [-0.39, 0.29) is 6.61 Å². The van der Waals surface area contributed by atoms with Gasteiger partial charge in [-0.15, -0.1) is 0 Å². The van der Waals surface area contributed by atoms with Crippen molar-refractivity contribution < 1.29 is 19.0 Å². The van der Waals surface area contributed by atoms with E-state index in [9.17, 15) is 4.79 Å². The summed E-state index contributed by atoms with van der Waals surface area (Å²) in [6.45, 7) is 0.142. The van der Waals surface area contributed by atoms with Crippen molar-refractivity contribution >= 4 is 16.7 Å². The zero-order chi connectivity index (χ0) is 15.6. The van der Waals surface area contributed by atoms with Gasteiger partial charge in [-0.1, -0.05) is 42.5 Å². The van der Waals surface area contributed by atoms with Gasteiger partial charge in [0.25, 0.3) is 0 Å². The molecule has 0 saturated heterocycles. The van der Waals surface area contributed by atoms with E-state index >= 15 is 0 Å². The van der Waals surface area contributed by atoms with Crippen LogP contribution in [-0.4, -0.2) is 18.7 Å². The van der Waals surface area contributed by atoms with Crippen LogP contribution in [0.4, 0.5) is 0 Å². The van der Waals surface area contributed by atoms with Crippen molar-refractivity contribution in [2.24, 2.45) is 0 Å². The molecule has 1 aliphatic rings. The molecule has 1 atom stereocenters. The van der Waals surface area contributed by atoms with Crippen molar-refractivity contribution in [2.75, 3.05) is 6.61 Å². The Morgan fingerprint density at radius 3 is 2.52 bits per heavy atom. The molecule has 4 rings (SSSR count). The lowest BCUT2D eigenvalue weighted by atomic mass is 10.1. The summed E-state index contributed by atoms with van der Waals surface area (Å²) in [5.41, 5.74) is 0. The van der Waals surface area contributed by atoms with Crippen LogP contribution in [0, 0.1) is 0 Å². The maximum absolute atomic E-state index is 12.3. The average molecular weight is 306 g/mol. The maximum Gasteiger partial charge on any atom is 0.356 e. The van der Waals surface area contributed by atoms with Gasteiger partial charge in [-0.3, -0.25) is 0 Å². The first kappa shape index (κ1) is 13.6. The lowest BCUT2D eigenvalue weighted by Crippen LogP contribution is -2.39. The Morgan fingerprint density at radius 2 is 1.65 bits per heavy atom. The molecule has 23 heavy (non-hydrogen) atoms. The predicted molar refractivity (Wildman–Crippen MR) is 85.9 cm³/mol. The van der Waals surface area contributed by atoms with Crippen molar-refractivity contribution in [3.63, 3.8) is 0 Å². The molecule has 3 aromatic rings. The van der Waals surface area contributed by atoms with Crippen LogP contribution in [0.2, 0.25) is 0 Å². The van der Waals surface area contributed by atoms with Crippen molar-refractivity contribution in [1.29, 1.82) is 0 Å². The number of carbonyl (C=O) groups is 1. The van der Waals surface area contributed by atoms with Gasteiger partial charge in [-0.25, -0.2) is 4.79 Å². The molecule has 1 aliphatic heterocycles. The molecule has 0 unspecified atom stereocenters. The van der Waals surface area contributed by atoms with Gasteiger partial charge < -0.3 is 14.2 Å². The van der Waals surface area contributed by atoms with Gasteiger partial charge in [0.2, 0.25) is 6.10 Å². The number of fused-ring (bicyclic) bond motifs is 2. The van der Waals surface area contributed by atoms with Crippen LogP contribution < -0.4 is 14.2 Å². The van der Waals surface area contributed by atoms with Crippen LogP contribution >= 0.6 is 0 Å². The highest BCUT2D eigenvalue weighted by atomic mass is 16.6. The molecule has 4 heteroatoms. The van der Waals surface area contributed by atoms with E-state index in [1.54, 1.807) is 18.2 Å². The summed E-state index contributed by atoms with van der Waals surface area (Å²) in [5.74, 6) is 1.23. The van der Waals surface area contributed by atoms with Gasteiger partial charge in [-0.2, -0.15) is 0 Å². The summed E-state index contributed by atoms with van der Waals surface area (Å²) in [5, 5.41) is 2.11. The van der Waals surface area contributed by atoms with Crippen molar-refractivity contribution in [2.45, 2.75) is 6.10 Å². The van der Waals surface area contributed by atoms with Gasteiger partial charge in [0.15, 0.2) is 11.5 Å². The highest BCUT2D eigenvalue weighted by Crippen LogP contribution is 2.31.